The molecule has 0 amide bonds. The fourth-order valence-electron chi connectivity index (χ4n) is 1.79. The molecule has 0 saturated heterocycles. The van der Waals surface area contributed by atoms with Crippen LogP contribution in [-0.2, 0) is 0 Å². The summed E-state index contributed by atoms with van der Waals surface area (Å²) in [6.07, 6.45) is 2.75. The van der Waals surface area contributed by atoms with Gasteiger partial charge in [0.25, 0.3) is 0 Å². The Bertz CT molecular complexity index is 638. The van der Waals surface area contributed by atoms with Crippen LogP contribution in [-0.4, -0.2) is 37.5 Å². The largest absolute Gasteiger partial charge is 0.497 e. The molecule has 3 N–H and O–H groups in total. The van der Waals surface area contributed by atoms with Crippen molar-refractivity contribution in [2.45, 2.75) is 10.8 Å². The van der Waals surface area contributed by atoms with E-state index in [1.165, 1.54) is 0 Å². The number of guanidine groups is 1. The molecular formula is C15H21IN4O2S2. The molecule has 24 heavy (non-hydrogen) atoms. The number of halogens is 1. The lowest BCUT2D eigenvalue weighted by Crippen LogP contribution is -2.23. The van der Waals surface area contributed by atoms with Crippen LogP contribution >= 0.6 is 47.1 Å². The number of methoxy groups -OCH3 is 2. The highest BCUT2D eigenvalue weighted by molar-refractivity contribution is 14.0. The van der Waals surface area contributed by atoms with Gasteiger partial charge in [0.15, 0.2) is 5.96 Å². The molecule has 0 spiro atoms. The highest BCUT2D eigenvalue weighted by Crippen LogP contribution is 2.28. The molecule has 0 atom stereocenters. The molecule has 0 aliphatic rings. The van der Waals surface area contributed by atoms with E-state index in [1.807, 2.05) is 29.8 Å². The summed E-state index contributed by atoms with van der Waals surface area (Å²) >= 11 is 3.38. The smallest absolute Gasteiger partial charge is 0.193 e. The Morgan fingerprint density at radius 1 is 1.38 bits per heavy atom. The summed E-state index contributed by atoms with van der Waals surface area (Å²) in [5.41, 5.74) is 6.65. The quantitative estimate of drug-likeness (QED) is 0.197. The first-order valence-electron chi connectivity index (χ1n) is 7.04. The molecule has 0 aliphatic carbocycles. The number of nitrogens with zero attached hydrogens (tertiary/aromatic N) is 2. The van der Waals surface area contributed by atoms with E-state index in [9.17, 15) is 0 Å². The number of nitrogens with two attached hydrogens (primary N) is 1. The number of aliphatic imine (C=N–C) groups is 1. The van der Waals surface area contributed by atoms with E-state index in [1.54, 1.807) is 37.3 Å². The fourth-order valence-corrected chi connectivity index (χ4v) is 3.43. The van der Waals surface area contributed by atoms with Crippen molar-refractivity contribution in [3.8, 4) is 11.5 Å². The van der Waals surface area contributed by atoms with Gasteiger partial charge in [-0.3, -0.25) is 4.99 Å². The standard InChI is InChI=1S/C15H20N4O2S2.HI/c1-20-11-4-5-13(21-2)12(10-11)19-14(16)17-6-3-8-22-15-18-7-9-23-15;/h4-5,7,9-10H,3,6,8H2,1-2H3,(H3,16,17,19);1H. The molecule has 0 fully saturated rings. The number of aromatic nitrogens is 1. The highest BCUT2D eigenvalue weighted by Gasteiger charge is 2.06. The van der Waals surface area contributed by atoms with Gasteiger partial charge in [-0.15, -0.1) is 35.3 Å². The van der Waals surface area contributed by atoms with Gasteiger partial charge in [0.05, 0.1) is 19.9 Å². The van der Waals surface area contributed by atoms with Gasteiger partial charge in [0.1, 0.15) is 15.8 Å². The first-order chi connectivity index (χ1) is 11.2. The minimum absolute atomic E-state index is 0. The summed E-state index contributed by atoms with van der Waals surface area (Å²) in [5, 5.41) is 5.02. The molecule has 2 rings (SSSR count). The van der Waals surface area contributed by atoms with Crippen LogP contribution in [0.3, 0.4) is 0 Å². The Hall–Kier alpha value is -1.20. The van der Waals surface area contributed by atoms with Crippen LogP contribution in [0.25, 0.3) is 0 Å². The molecule has 0 aliphatic heterocycles. The average molecular weight is 480 g/mol. The van der Waals surface area contributed by atoms with Crippen LogP contribution in [0.4, 0.5) is 5.69 Å². The van der Waals surface area contributed by atoms with E-state index >= 15 is 0 Å². The van der Waals surface area contributed by atoms with Crippen molar-refractivity contribution >= 4 is 58.7 Å². The molecular weight excluding hydrogens is 459 g/mol. The van der Waals surface area contributed by atoms with Crippen molar-refractivity contribution in [2.75, 3.05) is 31.8 Å². The zero-order valence-corrected chi connectivity index (χ0v) is 17.5. The van der Waals surface area contributed by atoms with E-state index in [0.717, 1.165) is 28.0 Å². The van der Waals surface area contributed by atoms with Crippen molar-refractivity contribution in [3.63, 3.8) is 0 Å². The van der Waals surface area contributed by atoms with Gasteiger partial charge >= 0.3 is 0 Å². The summed E-state index contributed by atoms with van der Waals surface area (Å²) in [6.45, 7) is 0.656. The van der Waals surface area contributed by atoms with Crippen LogP contribution < -0.4 is 20.5 Å². The first kappa shape index (κ1) is 20.8. The first-order valence-corrected chi connectivity index (χ1v) is 8.90. The van der Waals surface area contributed by atoms with Gasteiger partial charge in [-0.1, -0.05) is 11.8 Å². The number of rotatable bonds is 8. The number of benzene rings is 1. The molecule has 2 aromatic rings. The van der Waals surface area contributed by atoms with Gasteiger partial charge in [-0.2, -0.15) is 0 Å². The topological polar surface area (TPSA) is 81.8 Å². The van der Waals surface area contributed by atoms with E-state index < -0.39 is 0 Å². The zero-order valence-electron chi connectivity index (χ0n) is 13.5. The van der Waals surface area contributed by atoms with Gasteiger partial charge in [0.2, 0.25) is 0 Å². The molecule has 0 radical (unpaired) electrons. The van der Waals surface area contributed by atoms with Crippen molar-refractivity contribution in [1.82, 2.24) is 4.98 Å². The summed E-state index contributed by atoms with van der Waals surface area (Å²) in [4.78, 5) is 8.55. The van der Waals surface area contributed by atoms with Crippen LogP contribution in [0.5, 0.6) is 11.5 Å². The molecule has 1 heterocycles. The molecule has 132 valence electrons. The minimum Gasteiger partial charge on any atom is -0.497 e. The third-order valence-corrected chi connectivity index (χ3v) is 4.94. The maximum absolute atomic E-state index is 5.92. The number of thioether (sulfide) groups is 1. The maximum atomic E-state index is 5.92. The normalized spacial score (nSPS) is 10.8. The summed E-state index contributed by atoms with van der Waals surface area (Å²) in [5.74, 6) is 2.73. The Kier molecular flexibility index (Phi) is 9.88. The lowest BCUT2D eigenvalue weighted by atomic mass is 10.2. The number of hydrogen-bond donors (Lipinski definition) is 2. The van der Waals surface area contributed by atoms with Crippen LogP contribution in [0.1, 0.15) is 6.42 Å². The Morgan fingerprint density at radius 2 is 2.21 bits per heavy atom. The Labute approximate surface area is 167 Å². The number of nitrogens with one attached hydrogen (secondary N) is 1. The summed E-state index contributed by atoms with van der Waals surface area (Å²) in [6, 6.07) is 5.46. The molecule has 6 nitrogen and oxygen atoms in total. The molecule has 0 unspecified atom stereocenters. The lowest BCUT2D eigenvalue weighted by molar-refractivity contribution is 0.405. The molecule has 0 bridgehead atoms. The van der Waals surface area contributed by atoms with Gasteiger partial charge < -0.3 is 20.5 Å². The third-order valence-electron chi connectivity index (χ3n) is 2.89. The number of ether oxygens (including phenoxy) is 2. The second kappa shape index (κ2) is 11.4. The highest BCUT2D eigenvalue weighted by atomic mass is 127. The van der Waals surface area contributed by atoms with Gasteiger partial charge in [0, 0.05) is 29.9 Å². The maximum Gasteiger partial charge on any atom is 0.193 e. The van der Waals surface area contributed by atoms with Crippen LogP contribution in [0, 0.1) is 0 Å². The van der Waals surface area contributed by atoms with Crippen molar-refractivity contribution in [1.29, 1.82) is 0 Å². The number of hydrogen-bond acceptors (Lipinski definition) is 6. The second-order valence-electron chi connectivity index (χ2n) is 4.46. The lowest BCUT2D eigenvalue weighted by Gasteiger charge is -2.12. The Morgan fingerprint density at radius 3 is 2.88 bits per heavy atom. The van der Waals surface area contributed by atoms with Crippen LogP contribution in [0.2, 0.25) is 0 Å². The van der Waals surface area contributed by atoms with Gasteiger partial charge in [-0.05, 0) is 18.6 Å². The van der Waals surface area contributed by atoms with Crippen molar-refractivity contribution in [3.05, 3.63) is 29.8 Å². The number of anilines is 1. The van der Waals surface area contributed by atoms with E-state index in [2.05, 4.69) is 15.3 Å². The van der Waals surface area contributed by atoms with E-state index in [-0.39, 0.29) is 24.0 Å². The summed E-state index contributed by atoms with van der Waals surface area (Å²) < 4.78 is 11.6. The third kappa shape index (κ3) is 6.73. The van der Waals surface area contributed by atoms with Crippen LogP contribution in [0.15, 0.2) is 39.1 Å². The Balaban J connectivity index is 0.00000288. The SMILES string of the molecule is COc1ccc(OC)c(NC(N)=NCCCSc2nccs2)c1.I. The molecule has 0 saturated carbocycles. The summed E-state index contributed by atoms with van der Waals surface area (Å²) in [7, 11) is 3.22. The van der Waals surface area contributed by atoms with Crippen molar-refractivity contribution in [2.24, 2.45) is 10.7 Å². The van der Waals surface area contributed by atoms with E-state index in [4.69, 9.17) is 15.2 Å². The molecule has 1 aromatic heterocycles. The van der Waals surface area contributed by atoms with E-state index in [0.29, 0.717) is 18.3 Å². The minimum atomic E-state index is 0. The molecule has 9 heteroatoms. The zero-order chi connectivity index (χ0) is 16.5. The fraction of sp³-hybridized carbons (Fsp3) is 0.333. The number of thiazole rings is 1. The molecule has 1 aromatic carbocycles. The predicted molar refractivity (Wildman–Crippen MR) is 113 cm³/mol. The van der Waals surface area contributed by atoms with Gasteiger partial charge in [-0.25, -0.2) is 4.98 Å². The average Bonchev–Trinajstić information content (AvgIpc) is 3.07. The second-order valence-corrected chi connectivity index (χ2v) is 6.69. The predicted octanol–water partition coefficient (Wildman–Crippen LogP) is 3.69. The van der Waals surface area contributed by atoms with Crippen molar-refractivity contribution < 1.29 is 9.47 Å². The monoisotopic (exact) mass is 480 g/mol.